The van der Waals surface area contributed by atoms with E-state index in [-0.39, 0.29) is 36.5 Å². The SMILES string of the molecule is C/C=C/C=C(C)/C=C/C=C/C(O)CC(=O)NC1=C(O)CCC1=O. The Morgan fingerprint density at radius 1 is 1.30 bits per heavy atom. The van der Waals surface area contributed by atoms with Crippen molar-refractivity contribution in [2.45, 2.75) is 39.2 Å². The third kappa shape index (κ3) is 6.93. The highest BCUT2D eigenvalue weighted by molar-refractivity contribution is 6.01. The quantitative estimate of drug-likeness (QED) is 0.630. The Morgan fingerprint density at radius 3 is 2.65 bits per heavy atom. The molecule has 0 saturated carbocycles. The van der Waals surface area contributed by atoms with Crippen LogP contribution in [0.5, 0.6) is 0 Å². The zero-order valence-electron chi connectivity index (χ0n) is 13.5. The molecule has 5 nitrogen and oxygen atoms in total. The fourth-order valence-electron chi connectivity index (χ4n) is 1.94. The molecule has 124 valence electrons. The second-order valence-corrected chi connectivity index (χ2v) is 5.25. The van der Waals surface area contributed by atoms with Crippen molar-refractivity contribution in [2.24, 2.45) is 0 Å². The van der Waals surface area contributed by atoms with Crippen LogP contribution < -0.4 is 5.32 Å². The molecular weight excluding hydrogens is 294 g/mol. The third-order valence-corrected chi connectivity index (χ3v) is 3.17. The molecule has 0 aromatic rings. The van der Waals surface area contributed by atoms with E-state index in [0.29, 0.717) is 0 Å². The minimum Gasteiger partial charge on any atom is -0.510 e. The summed E-state index contributed by atoms with van der Waals surface area (Å²) in [4.78, 5) is 23.1. The number of hydrogen-bond donors (Lipinski definition) is 3. The summed E-state index contributed by atoms with van der Waals surface area (Å²) in [7, 11) is 0. The largest absolute Gasteiger partial charge is 0.510 e. The summed E-state index contributed by atoms with van der Waals surface area (Å²) in [5, 5.41) is 21.6. The van der Waals surface area contributed by atoms with Crippen LogP contribution in [0.2, 0.25) is 0 Å². The molecule has 0 bridgehead atoms. The number of aliphatic hydroxyl groups is 2. The molecule has 0 aliphatic heterocycles. The van der Waals surface area contributed by atoms with Crippen molar-refractivity contribution in [1.29, 1.82) is 0 Å². The molecule has 0 heterocycles. The fraction of sp³-hybridized carbons (Fsp3) is 0.333. The van der Waals surface area contributed by atoms with Gasteiger partial charge in [0.05, 0.1) is 12.5 Å². The van der Waals surface area contributed by atoms with Crippen molar-refractivity contribution in [3.8, 4) is 0 Å². The maximum absolute atomic E-state index is 11.7. The molecule has 5 heteroatoms. The number of rotatable bonds is 7. The van der Waals surface area contributed by atoms with E-state index in [9.17, 15) is 19.8 Å². The second kappa shape index (κ2) is 9.58. The van der Waals surface area contributed by atoms with E-state index < -0.39 is 12.0 Å². The van der Waals surface area contributed by atoms with E-state index in [1.54, 1.807) is 12.2 Å². The lowest BCUT2D eigenvalue weighted by Crippen LogP contribution is -2.29. The smallest absolute Gasteiger partial charge is 0.227 e. The molecule has 1 atom stereocenters. The van der Waals surface area contributed by atoms with Gasteiger partial charge in [0, 0.05) is 12.8 Å². The van der Waals surface area contributed by atoms with Gasteiger partial charge in [0.1, 0.15) is 11.5 Å². The van der Waals surface area contributed by atoms with Crippen molar-refractivity contribution >= 4 is 11.7 Å². The van der Waals surface area contributed by atoms with Gasteiger partial charge in [-0.25, -0.2) is 0 Å². The molecule has 1 amide bonds. The van der Waals surface area contributed by atoms with E-state index in [2.05, 4.69) is 5.32 Å². The van der Waals surface area contributed by atoms with Gasteiger partial charge >= 0.3 is 0 Å². The monoisotopic (exact) mass is 317 g/mol. The summed E-state index contributed by atoms with van der Waals surface area (Å²) in [5.41, 5.74) is 1.01. The Bertz CT molecular complexity index is 594. The van der Waals surface area contributed by atoms with Crippen molar-refractivity contribution < 1.29 is 19.8 Å². The lowest BCUT2D eigenvalue weighted by molar-refractivity contribution is -0.124. The van der Waals surface area contributed by atoms with Crippen LogP contribution >= 0.6 is 0 Å². The summed E-state index contributed by atoms with van der Waals surface area (Å²) in [5.74, 6) is -0.890. The van der Waals surface area contributed by atoms with Crippen LogP contribution in [0, 0.1) is 0 Å². The van der Waals surface area contributed by atoms with Crippen LogP contribution in [-0.4, -0.2) is 28.0 Å². The zero-order chi connectivity index (χ0) is 17.2. The van der Waals surface area contributed by atoms with Gasteiger partial charge in [-0.2, -0.15) is 0 Å². The Labute approximate surface area is 136 Å². The average Bonchev–Trinajstić information content (AvgIpc) is 2.81. The molecule has 0 aromatic carbocycles. The number of carbonyl (C=O) groups excluding carboxylic acids is 2. The van der Waals surface area contributed by atoms with Crippen molar-refractivity contribution in [3.63, 3.8) is 0 Å². The number of allylic oxidation sites excluding steroid dienone is 9. The van der Waals surface area contributed by atoms with Crippen LogP contribution in [0.25, 0.3) is 0 Å². The Morgan fingerprint density at radius 2 is 2.04 bits per heavy atom. The van der Waals surface area contributed by atoms with Gasteiger partial charge in [-0.3, -0.25) is 9.59 Å². The minimum atomic E-state index is -0.960. The van der Waals surface area contributed by atoms with E-state index in [0.717, 1.165) is 5.57 Å². The Balaban J connectivity index is 2.44. The van der Waals surface area contributed by atoms with Gasteiger partial charge < -0.3 is 15.5 Å². The predicted octanol–water partition coefficient (Wildman–Crippen LogP) is 2.62. The van der Waals surface area contributed by atoms with E-state index >= 15 is 0 Å². The van der Waals surface area contributed by atoms with Crippen LogP contribution in [0.4, 0.5) is 0 Å². The first-order valence-corrected chi connectivity index (χ1v) is 7.51. The lowest BCUT2D eigenvalue weighted by Gasteiger charge is -2.07. The highest BCUT2D eigenvalue weighted by atomic mass is 16.3. The van der Waals surface area contributed by atoms with E-state index in [1.807, 2.05) is 38.2 Å². The second-order valence-electron chi connectivity index (χ2n) is 5.25. The first-order chi connectivity index (χ1) is 10.9. The zero-order valence-corrected chi connectivity index (χ0v) is 13.5. The van der Waals surface area contributed by atoms with Crippen molar-refractivity contribution in [2.75, 3.05) is 0 Å². The molecule has 3 N–H and O–H groups in total. The topological polar surface area (TPSA) is 86.6 Å². The summed E-state index contributed by atoms with van der Waals surface area (Å²) in [6, 6.07) is 0. The highest BCUT2D eigenvalue weighted by Crippen LogP contribution is 2.18. The molecule has 1 rings (SSSR count). The van der Waals surface area contributed by atoms with Gasteiger partial charge in [0.2, 0.25) is 5.91 Å². The molecule has 0 radical (unpaired) electrons. The Hall–Kier alpha value is -2.40. The summed E-state index contributed by atoms with van der Waals surface area (Å²) >= 11 is 0. The first kappa shape index (κ1) is 18.6. The van der Waals surface area contributed by atoms with E-state index in [4.69, 9.17) is 0 Å². The van der Waals surface area contributed by atoms with Crippen LogP contribution in [0.3, 0.4) is 0 Å². The van der Waals surface area contributed by atoms with E-state index in [1.165, 1.54) is 6.08 Å². The molecule has 0 spiro atoms. The molecular formula is C18H23NO4. The predicted molar refractivity (Wildman–Crippen MR) is 89.5 cm³/mol. The molecule has 1 aliphatic carbocycles. The molecule has 1 aliphatic rings. The third-order valence-electron chi connectivity index (χ3n) is 3.17. The lowest BCUT2D eigenvalue weighted by atomic mass is 10.2. The molecule has 0 aromatic heterocycles. The molecule has 23 heavy (non-hydrogen) atoms. The number of amides is 1. The fourth-order valence-corrected chi connectivity index (χ4v) is 1.94. The number of nitrogens with one attached hydrogen (secondary N) is 1. The molecule has 1 unspecified atom stereocenters. The van der Waals surface area contributed by atoms with Crippen LogP contribution in [0.15, 0.2) is 59.6 Å². The van der Waals surface area contributed by atoms with Gasteiger partial charge in [-0.1, -0.05) is 48.1 Å². The number of aliphatic hydroxyl groups excluding tert-OH is 2. The van der Waals surface area contributed by atoms with Gasteiger partial charge in [-0.05, 0) is 13.8 Å². The number of ketones is 1. The van der Waals surface area contributed by atoms with Crippen LogP contribution in [-0.2, 0) is 9.59 Å². The van der Waals surface area contributed by atoms with Gasteiger partial charge in [0.15, 0.2) is 5.78 Å². The molecule has 0 fully saturated rings. The summed E-state index contributed by atoms with van der Waals surface area (Å²) in [6.07, 6.45) is 11.9. The first-order valence-electron chi connectivity index (χ1n) is 7.51. The summed E-state index contributed by atoms with van der Waals surface area (Å²) in [6.45, 7) is 3.89. The minimum absolute atomic E-state index is 0.0455. The Kier molecular flexibility index (Phi) is 7.77. The highest BCUT2D eigenvalue weighted by Gasteiger charge is 2.24. The van der Waals surface area contributed by atoms with Crippen molar-refractivity contribution in [1.82, 2.24) is 5.32 Å². The standard InChI is InChI=1S/C18H23NO4/c1-3-4-7-13(2)8-5-6-9-14(20)12-17(23)19-18-15(21)10-11-16(18)22/h3-9,14,20-21H,10-12H2,1-2H3,(H,19,23)/b4-3+,8-5+,9-6+,13-7+. The maximum atomic E-state index is 11.7. The number of hydrogen-bond acceptors (Lipinski definition) is 4. The number of carbonyl (C=O) groups is 2. The van der Waals surface area contributed by atoms with Gasteiger partial charge in [-0.15, -0.1) is 0 Å². The number of Topliss-reactive ketones (excluding diaryl/α,β-unsaturated/α-hetero) is 1. The van der Waals surface area contributed by atoms with Gasteiger partial charge in [0.25, 0.3) is 0 Å². The maximum Gasteiger partial charge on any atom is 0.227 e. The van der Waals surface area contributed by atoms with Crippen LogP contribution in [0.1, 0.15) is 33.1 Å². The average molecular weight is 317 g/mol. The van der Waals surface area contributed by atoms with Crippen molar-refractivity contribution in [3.05, 3.63) is 59.6 Å². The normalized spacial score (nSPS) is 17.9. The molecule has 0 saturated heterocycles. The summed E-state index contributed by atoms with van der Waals surface area (Å²) < 4.78 is 0.